The highest BCUT2D eigenvalue weighted by Crippen LogP contribution is 2.23. The van der Waals surface area contributed by atoms with E-state index in [0.717, 1.165) is 18.4 Å². The highest BCUT2D eigenvalue weighted by molar-refractivity contribution is 5.82. The summed E-state index contributed by atoms with van der Waals surface area (Å²) in [5.41, 5.74) is 0.645. The summed E-state index contributed by atoms with van der Waals surface area (Å²) in [5, 5.41) is 2.96. The molecule has 0 bridgehead atoms. The molecule has 1 aliphatic rings. The average molecular weight is 303 g/mol. The first-order valence-electron chi connectivity index (χ1n) is 7.84. The molecule has 0 aliphatic carbocycles. The number of carbonyl (C=O) groups excluding carboxylic acids is 2. The SMILES string of the molecule is CC(C)(C)C(=O)N1CCC(C(=O)NCc2cccnc2)CC1. The van der Waals surface area contributed by atoms with E-state index >= 15 is 0 Å². The van der Waals surface area contributed by atoms with Crippen molar-refractivity contribution < 1.29 is 9.59 Å². The van der Waals surface area contributed by atoms with Gasteiger partial charge in [0.1, 0.15) is 0 Å². The van der Waals surface area contributed by atoms with Crippen molar-refractivity contribution in [1.82, 2.24) is 15.2 Å². The van der Waals surface area contributed by atoms with Gasteiger partial charge in [-0.25, -0.2) is 0 Å². The van der Waals surface area contributed by atoms with Crippen LogP contribution in [0.4, 0.5) is 0 Å². The molecule has 0 unspecified atom stereocenters. The molecule has 5 nitrogen and oxygen atoms in total. The van der Waals surface area contributed by atoms with E-state index in [1.807, 2.05) is 37.8 Å². The smallest absolute Gasteiger partial charge is 0.227 e. The van der Waals surface area contributed by atoms with E-state index in [-0.39, 0.29) is 23.1 Å². The normalized spacial score (nSPS) is 16.4. The maximum absolute atomic E-state index is 12.2. The number of hydrogen-bond acceptors (Lipinski definition) is 3. The van der Waals surface area contributed by atoms with Crippen LogP contribution in [0.3, 0.4) is 0 Å². The Morgan fingerprint density at radius 2 is 2.00 bits per heavy atom. The summed E-state index contributed by atoms with van der Waals surface area (Å²) in [6.45, 7) is 7.64. The fourth-order valence-corrected chi connectivity index (χ4v) is 2.66. The molecule has 120 valence electrons. The molecule has 0 aromatic carbocycles. The zero-order valence-electron chi connectivity index (χ0n) is 13.6. The third-order valence-corrected chi connectivity index (χ3v) is 3.98. The molecule has 1 aromatic rings. The van der Waals surface area contributed by atoms with Gasteiger partial charge < -0.3 is 10.2 Å². The van der Waals surface area contributed by atoms with Gasteiger partial charge in [0.15, 0.2) is 0 Å². The molecule has 0 spiro atoms. The molecule has 1 fully saturated rings. The minimum absolute atomic E-state index is 0.000639. The van der Waals surface area contributed by atoms with E-state index in [1.165, 1.54) is 0 Å². The monoisotopic (exact) mass is 303 g/mol. The number of rotatable bonds is 3. The predicted molar refractivity (Wildman–Crippen MR) is 84.8 cm³/mol. The molecule has 0 saturated carbocycles. The third-order valence-electron chi connectivity index (χ3n) is 3.98. The van der Waals surface area contributed by atoms with Crippen molar-refractivity contribution in [3.63, 3.8) is 0 Å². The number of carbonyl (C=O) groups is 2. The van der Waals surface area contributed by atoms with Crippen LogP contribution in [-0.4, -0.2) is 34.8 Å². The van der Waals surface area contributed by atoms with E-state index < -0.39 is 0 Å². The number of piperidine rings is 1. The summed E-state index contributed by atoms with van der Waals surface area (Å²) in [6.07, 6.45) is 4.94. The Labute approximate surface area is 132 Å². The maximum atomic E-state index is 12.2. The van der Waals surface area contributed by atoms with E-state index in [9.17, 15) is 9.59 Å². The van der Waals surface area contributed by atoms with Crippen molar-refractivity contribution in [2.45, 2.75) is 40.2 Å². The molecule has 1 aromatic heterocycles. The van der Waals surface area contributed by atoms with Crippen LogP contribution >= 0.6 is 0 Å². The number of pyridine rings is 1. The van der Waals surface area contributed by atoms with Gasteiger partial charge in [0, 0.05) is 43.4 Å². The summed E-state index contributed by atoms with van der Waals surface area (Å²) in [4.78, 5) is 30.3. The van der Waals surface area contributed by atoms with Crippen molar-refractivity contribution in [2.75, 3.05) is 13.1 Å². The highest BCUT2D eigenvalue weighted by Gasteiger charge is 2.32. The molecule has 0 atom stereocenters. The van der Waals surface area contributed by atoms with Crippen LogP contribution in [0.5, 0.6) is 0 Å². The Bertz CT molecular complexity index is 514. The lowest BCUT2D eigenvalue weighted by Gasteiger charge is -2.35. The number of likely N-dealkylation sites (tertiary alicyclic amines) is 1. The fraction of sp³-hybridized carbons (Fsp3) is 0.588. The van der Waals surface area contributed by atoms with Crippen molar-refractivity contribution in [2.24, 2.45) is 11.3 Å². The lowest BCUT2D eigenvalue weighted by Crippen LogP contribution is -2.46. The number of nitrogens with zero attached hydrogens (tertiary/aromatic N) is 2. The first kappa shape index (κ1) is 16.5. The van der Waals surface area contributed by atoms with E-state index in [2.05, 4.69) is 10.3 Å². The van der Waals surface area contributed by atoms with Gasteiger partial charge in [0.25, 0.3) is 0 Å². The second-order valence-corrected chi connectivity index (χ2v) is 6.90. The Kier molecular flexibility index (Phi) is 5.16. The summed E-state index contributed by atoms with van der Waals surface area (Å²) in [5.74, 6) is 0.245. The summed E-state index contributed by atoms with van der Waals surface area (Å²) in [7, 11) is 0. The zero-order chi connectivity index (χ0) is 16.2. The summed E-state index contributed by atoms with van der Waals surface area (Å²) >= 11 is 0. The van der Waals surface area contributed by atoms with Crippen LogP contribution in [0.25, 0.3) is 0 Å². The standard InChI is InChI=1S/C17H25N3O2/c1-17(2,3)16(22)20-9-6-14(7-10-20)15(21)19-12-13-5-4-8-18-11-13/h4-5,8,11,14H,6-7,9-10,12H2,1-3H3,(H,19,21). The van der Waals surface area contributed by atoms with Gasteiger partial charge >= 0.3 is 0 Å². The first-order chi connectivity index (χ1) is 10.4. The van der Waals surface area contributed by atoms with Crippen LogP contribution in [0.15, 0.2) is 24.5 Å². The molecule has 22 heavy (non-hydrogen) atoms. The van der Waals surface area contributed by atoms with Crippen LogP contribution in [0, 0.1) is 11.3 Å². The van der Waals surface area contributed by atoms with Gasteiger partial charge in [-0.1, -0.05) is 26.8 Å². The van der Waals surface area contributed by atoms with Gasteiger partial charge in [0.05, 0.1) is 0 Å². The fourth-order valence-electron chi connectivity index (χ4n) is 2.66. The Balaban J connectivity index is 1.79. The number of aromatic nitrogens is 1. The molecule has 2 amide bonds. The Morgan fingerprint density at radius 3 is 2.55 bits per heavy atom. The van der Waals surface area contributed by atoms with Crippen LogP contribution in [0.2, 0.25) is 0 Å². The average Bonchev–Trinajstić information content (AvgIpc) is 2.52. The quantitative estimate of drug-likeness (QED) is 0.929. The van der Waals surface area contributed by atoms with Crippen molar-refractivity contribution in [1.29, 1.82) is 0 Å². The topological polar surface area (TPSA) is 62.3 Å². The molecule has 2 rings (SSSR count). The summed E-state index contributed by atoms with van der Waals surface area (Å²) < 4.78 is 0. The van der Waals surface area contributed by atoms with Crippen molar-refractivity contribution >= 4 is 11.8 Å². The van der Waals surface area contributed by atoms with Gasteiger partial charge in [-0.2, -0.15) is 0 Å². The van der Waals surface area contributed by atoms with Gasteiger partial charge in [-0.15, -0.1) is 0 Å². The molecule has 0 radical (unpaired) electrons. The Morgan fingerprint density at radius 1 is 1.32 bits per heavy atom. The number of hydrogen-bond donors (Lipinski definition) is 1. The van der Waals surface area contributed by atoms with E-state index in [4.69, 9.17) is 0 Å². The lowest BCUT2D eigenvalue weighted by molar-refractivity contribution is -0.142. The molecule has 1 saturated heterocycles. The van der Waals surface area contributed by atoms with Gasteiger partial charge in [0.2, 0.25) is 11.8 Å². The minimum atomic E-state index is -0.352. The zero-order valence-corrected chi connectivity index (χ0v) is 13.6. The molecular weight excluding hydrogens is 278 g/mol. The maximum Gasteiger partial charge on any atom is 0.227 e. The number of nitrogens with one attached hydrogen (secondary N) is 1. The number of amides is 2. The molecule has 2 heterocycles. The molecule has 1 aliphatic heterocycles. The largest absolute Gasteiger partial charge is 0.352 e. The predicted octanol–water partition coefficient (Wildman–Crippen LogP) is 1.98. The van der Waals surface area contributed by atoms with Gasteiger partial charge in [-0.3, -0.25) is 14.6 Å². The van der Waals surface area contributed by atoms with Crippen LogP contribution in [0.1, 0.15) is 39.2 Å². The second kappa shape index (κ2) is 6.90. The lowest BCUT2D eigenvalue weighted by atomic mass is 9.90. The third kappa shape index (κ3) is 4.29. The molecular formula is C17H25N3O2. The molecule has 1 N–H and O–H groups in total. The van der Waals surface area contributed by atoms with Crippen LogP contribution in [-0.2, 0) is 16.1 Å². The van der Waals surface area contributed by atoms with Crippen LogP contribution < -0.4 is 5.32 Å². The minimum Gasteiger partial charge on any atom is -0.352 e. The van der Waals surface area contributed by atoms with Gasteiger partial charge in [-0.05, 0) is 24.5 Å². The van der Waals surface area contributed by atoms with E-state index in [1.54, 1.807) is 12.4 Å². The van der Waals surface area contributed by atoms with E-state index in [0.29, 0.717) is 19.6 Å². The Hall–Kier alpha value is -1.91. The highest BCUT2D eigenvalue weighted by atomic mass is 16.2. The van der Waals surface area contributed by atoms with Crippen molar-refractivity contribution in [3.05, 3.63) is 30.1 Å². The second-order valence-electron chi connectivity index (χ2n) is 6.90. The van der Waals surface area contributed by atoms with Crippen molar-refractivity contribution in [3.8, 4) is 0 Å². The molecule has 5 heteroatoms. The first-order valence-corrected chi connectivity index (χ1v) is 7.84. The summed E-state index contributed by atoms with van der Waals surface area (Å²) in [6, 6.07) is 3.80.